The van der Waals surface area contributed by atoms with E-state index in [0.29, 0.717) is 19.0 Å². The molecule has 2 N–H and O–H groups in total. The average Bonchev–Trinajstić information content (AvgIpc) is 3.52. The molecule has 0 aromatic heterocycles. The van der Waals surface area contributed by atoms with E-state index in [1.54, 1.807) is 5.56 Å². The minimum absolute atomic E-state index is 0.0120. The van der Waals surface area contributed by atoms with Crippen LogP contribution >= 0.6 is 11.6 Å². The minimum Gasteiger partial charge on any atom is -0.350 e. The highest BCUT2D eigenvalue weighted by atomic mass is 35.5. The SMILES string of the molecule is Cc1ccccc1CNCC(=O)NC(CN1CCC(c2ccccc2CN2CCCC2)CC1)C(C)c1ccc(Cl)cc1. The molecule has 1 amide bonds. The highest BCUT2D eigenvalue weighted by Crippen LogP contribution is 2.32. The van der Waals surface area contributed by atoms with Crippen LogP contribution in [0.1, 0.15) is 72.3 Å². The number of hydrogen-bond donors (Lipinski definition) is 2. The lowest BCUT2D eigenvalue weighted by molar-refractivity contribution is -0.121. The summed E-state index contributed by atoms with van der Waals surface area (Å²) in [4.78, 5) is 18.3. The Balaban J connectivity index is 1.19. The second kappa shape index (κ2) is 15.2. The monoisotopic (exact) mass is 586 g/mol. The summed E-state index contributed by atoms with van der Waals surface area (Å²) in [6, 6.07) is 25.5. The van der Waals surface area contributed by atoms with Crippen LogP contribution in [0.15, 0.2) is 72.8 Å². The number of carbonyl (C=O) groups excluding carboxylic acids is 1. The van der Waals surface area contributed by atoms with E-state index in [4.69, 9.17) is 11.6 Å². The summed E-state index contributed by atoms with van der Waals surface area (Å²) >= 11 is 6.19. The molecule has 5 nitrogen and oxygen atoms in total. The Labute approximate surface area is 257 Å². The van der Waals surface area contributed by atoms with Gasteiger partial charge in [0.05, 0.1) is 6.54 Å². The van der Waals surface area contributed by atoms with Gasteiger partial charge >= 0.3 is 0 Å². The Morgan fingerprint density at radius 2 is 1.55 bits per heavy atom. The molecule has 0 radical (unpaired) electrons. The van der Waals surface area contributed by atoms with E-state index in [9.17, 15) is 4.79 Å². The van der Waals surface area contributed by atoms with Crippen LogP contribution in [-0.2, 0) is 17.9 Å². The first-order valence-corrected chi connectivity index (χ1v) is 16.2. The summed E-state index contributed by atoms with van der Waals surface area (Å²) in [6.45, 7) is 11.8. The Hall–Kier alpha value is -2.70. The standard InChI is InChI=1S/C36H47ClN4O/c1-27-9-3-4-10-31(27)23-38-24-36(42)39-35(28(2)29-13-15-33(37)16-14-29)26-41-21-17-30(18-22-41)34-12-6-5-11-32(34)25-40-19-7-8-20-40/h3-6,9-16,28,30,35,38H,7-8,17-26H2,1-2H3,(H,39,42). The topological polar surface area (TPSA) is 47.6 Å². The predicted molar refractivity (Wildman–Crippen MR) is 174 cm³/mol. The van der Waals surface area contributed by atoms with Crippen molar-refractivity contribution in [1.29, 1.82) is 0 Å². The van der Waals surface area contributed by atoms with Crippen molar-refractivity contribution in [3.63, 3.8) is 0 Å². The fraction of sp³-hybridized carbons (Fsp3) is 0.472. The summed E-state index contributed by atoms with van der Waals surface area (Å²) in [7, 11) is 0. The molecule has 2 saturated heterocycles. The van der Waals surface area contributed by atoms with Gasteiger partial charge < -0.3 is 15.5 Å². The summed E-state index contributed by atoms with van der Waals surface area (Å²) in [5, 5.41) is 7.47. The lowest BCUT2D eigenvalue weighted by atomic mass is 9.85. The lowest BCUT2D eigenvalue weighted by Gasteiger charge is -2.37. The normalized spacial score (nSPS) is 18.2. The van der Waals surface area contributed by atoms with Crippen LogP contribution in [-0.4, -0.2) is 61.0 Å². The molecule has 2 fully saturated rings. The van der Waals surface area contributed by atoms with Gasteiger partial charge in [-0.25, -0.2) is 0 Å². The molecule has 2 unspecified atom stereocenters. The van der Waals surface area contributed by atoms with Crippen molar-refractivity contribution in [2.45, 2.75) is 70.5 Å². The fourth-order valence-corrected chi connectivity index (χ4v) is 6.79. The number of hydrogen-bond acceptors (Lipinski definition) is 4. The van der Waals surface area contributed by atoms with Crippen LogP contribution in [0.5, 0.6) is 0 Å². The van der Waals surface area contributed by atoms with E-state index in [1.807, 2.05) is 24.3 Å². The van der Waals surface area contributed by atoms with Gasteiger partial charge in [-0.1, -0.05) is 79.2 Å². The third-order valence-corrected chi connectivity index (χ3v) is 9.59. The van der Waals surface area contributed by atoms with Crippen molar-refractivity contribution < 1.29 is 4.79 Å². The first kappa shape index (κ1) is 30.7. The van der Waals surface area contributed by atoms with Crippen LogP contribution in [0.2, 0.25) is 5.02 Å². The van der Waals surface area contributed by atoms with E-state index in [-0.39, 0.29) is 17.9 Å². The molecule has 224 valence electrons. The van der Waals surface area contributed by atoms with E-state index in [2.05, 4.69) is 82.8 Å². The van der Waals surface area contributed by atoms with Gasteiger partial charge in [-0.15, -0.1) is 0 Å². The van der Waals surface area contributed by atoms with Gasteiger partial charge in [0.25, 0.3) is 0 Å². The molecule has 5 rings (SSSR count). The van der Waals surface area contributed by atoms with E-state index in [1.165, 1.54) is 48.2 Å². The Morgan fingerprint density at radius 1 is 0.881 bits per heavy atom. The molecule has 0 saturated carbocycles. The van der Waals surface area contributed by atoms with Gasteiger partial charge in [-0.05, 0) is 105 Å². The zero-order valence-electron chi connectivity index (χ0n) is 25.3. The van der Waals surface area contributed by atoms with E-state index >= 15 is 0 Å². The molecule has 42 heavy (non-hydrogen) atoms. The number of aryl methyl sites for hydroxylation is 1. The number of piperidine rings is 1. The Morgan fingerprint density at radius 3 is 2.26 bits per heavy atom. The second-order valence-electron chi connectivity index (χ2n) is 12.3. The van der Waals surface area contributed by atoms with Crippen molar-refractivity contribution in [2.75, 3.05) is 39.3 Å². The largest absolute Gasteiger partial charge is 0.350 e. The van der Waals surface area contributed by atoms with E-state index < -0.39 is 0 Å². The molecule has 6 heteroatoms. The number of nitrogens with zero attached hydrogens (tertiary/aromatic N) is 2. The number of likely N-dealkylation sites (tertiary alicyclic amines) is 2. The molecular formula is C36H47ClN4O. The maximum Gasteiger partial charge on any atom is 0.234 e. The van der Waals surface area contributed by atoms with Crippen molar-refractivity contribution in [1.82, 2.24) is 20.4 Å². The summed E-state index contributed by atoms with van der Waals surface area (Å²) in [6.07, 6.45) is 4.97. The maximum atomic E-state index is 13.2. The van der Waals surface area contributed by atoms with Crippen LogP contribution < -0.4 is 10.6 Å². The number of carbonyl (C=O) groups is 1. The van der Waals surface area contributed by atoms with Crippen LogP contribution in [0, 0.1) is 6.92 Å². The smallest absolute Gasteiger partial charge is 0.234 e. The van der Waals surface area contributed by atoms with Gasteiger partial charge in [0, 0.05) is 36.6 Å². The average molecular weight is 587 g/mol. The molecule has 0 aliphatic carbocycles. The zero-order valence-corrected chi connectivity index (χ0v) is 26.1. The number of rotatable bonds is 12. The van der Waals surface area contributed by atoms with Crippen molar-refractivity contribution in [2.24, 2.45) is 0 Å². The molecule has 2 heterocycles. The molecule has 2 atom stereocenters. The minimum atomic E-state index is 0.0120. The highest BCUT2D eigenvalue weighted by Gasteiger charge is 2.28. The molecule has 2 aliphatic heterocycles. The molecule has 3 aromatic carbocycles. The maximum absolute atomic E-state index is 13.2. The van der Waals surface area contributed by atoms with Gasteiger partial charge in [-0.3, -0.25) is 9.69 Å². The number of halogens is 1. The van der Waals surface area contributed by atoms with Crippen molar-refractivity contribution in [3.05, 3.63) is 106 Å². The third kappa shape index (κ3) is 8.44. The highest BCUT2D eigenvalue weighted by molar-refractivity contribution is 6.30. The van der Waals surface area contributed by atoms with Crippen LogP contribution in [0.3, 0.4) is 0 Å². The molecule has 0 bridgehead atoms. The van der Waals surface area contributed by atoms with Crippen LogP contribution in [0.25, 0.3) is 0 Å². The molecule has 3 aromatic rings. The first-order valence-electron chi connectivity index (χ1n) is 15.8. The predicted octanol–water partition coefficient (Wildman–Crippen LogP) is 6.50. The summed E-state index contributed by atoms with van der Waals surface area (Å²) in [5.41, 5.74) is 6.71. The Bertz CT molecular complexity index is 1280. The molecule has 2 aliphatic rings. The van der Waals surface area contributed by atoms with Gasteiger partial charge in [-0.2, -0.15) is 0 Å². The summed E-state index contributed by atoms with van der Waals surface area (Å²) in [5.74, 6) is 0.814. The molecule has 0 spiro atoms. The van der Waals surface area contributed by atoms with Crippen molar-refractivity contribution in [3.8, 4) is 0 Å². The van der Waals surface area contributed by atoms with E-state index in [0.717, 1.165) is 44.0 Å². The van der Waals surface area contributed by atoms with Gasteiger partial charge in [0.1, 0.15) is 0 Å². The number of benzene rings is 3. The molecular weight excluding hydrogens is 540 g/mol. The zero-order chi connectivity index (χ0) is 29.3. The first-order chi connectivity index (χ1) is 20.5. The fourth-order valence-electron chi connectivity index (χ4n) is 6.67. The second-order valence-corrected chi connectivity index (χ2v) is 12.7. The van der Waals surface area contributed by atoms with Gasteiger partial charge in [0.2, 0.25) is 5.91 Å². The lowest BCUT2D eigenvalue weighted by Crippen LogP contribution is -2.50. The third-order valence-electron chi connectivity index (χ3n) is 9.34. The van der Waals surface area contributed by atoms with Crippen molar-refractivity contribution >= 4 is 17.5 Å². The quantitative estimate of drug-likeness (QED) is 0.254. The van der Waals surface area contributed by atoms with Gasteiger partial charge in [0.15, 0.2) is 0 Å². The summed E-state index contributed by atoms with van der Waals surface area (Å²) < 4.78 is 0. The van der Waals surface area contributed by atoms with Crippen LogP contribution in [0.4, 0.5) is 0 Å². The number of amides is 1. The Kier molecular flexibility index (Phi) is 11.1. The number of nitrogens with one attached hydrogen (secondary N) is 2.